The molecule has 0 aromatic heterocycles. The Hall–Kier alpha value is -1.42. The van der Waals surface area contributed by atoms with Gasteiger partial charge in [0.05, 0.1) is 14.2 Å². The van der Waals surface area contributed by atoms with E-state index in [-0.39, 0.29) is 0 Å². The van der Waals surface area contributed by atoms with Gasteiger partial charge in [0.1, 0.15) is 17.2 Å². The van der Waals surface area contributed by atoms with Crippen molar-refractivity contribution in [3.63, 3.8) is 0 Å². The zero-order valence-corrected chi connectivity index (χ0v) is 10.5. The summed E-state index contributed by atoms with van der Waals surface area (Å²) in [6.45, 7) is 1.07. The van der Waals surface area contributed by atoms with Gasteiger partial charge in [0.25, 0.3) is 0 Å². The van der Waals surface area contributed by atoms with Gasteiger partial charge in [-0.3, -0.25) is 0 Å². The van der Waals surface area contributed by atoms with E-state index in [0.717, 1.165) is 13.0 Å². The molecular weight excluding hydrogens is 216 g/mol. The molecule has 1 fully saturated rings. The maximum absolute atomic E-state index is 5.93. The smallest absolute Gasteiger partial charge is 0.145 e. The molecule has 17 heavy (non-hydrogen) atoms. The lowest BCUT2D eigenvalue weighted by atomic mass is 9.97. The molecule has 1 aliphatic rings. The first-order chi connectivity index (χ1) is 8.26. The molecule has 0 radical (unpaired) electrons. The maximum atomic E-state index is 5.93. The Balaban J connectivity index is 2.33. The highest BCUT2D eigenvalue weighted by Crippen LogP contribution is 2.36. The molecule has 1 unspecified atom stereocenters. The van der Waals surface area contributed by atoms with Gasteiger partial charge in [-0.2, -0.15) is 0 Å². The van der Waals surface area contributed by atoms with Crippen molar-refractivity contribution >= 4 is 5.69 Å². The molecule has 1 saturated heterocycles. The summed E-state index contributed by atoms with van der Waals surface area (Å²) in [7, 11) is 3.26. The van der Waals surface area contributed by atoms with Gasteiger partial charge in [0, 0.05) is 6.04 Å². The zero-order valence-electron chi connectivity index (χ0n) is 10.5. The number of nitrogens with one attached hydrogen (secondary N) is 1. The van der Waals surface area contributed by atoms with Crippen molar-refractivity contribution in [3.8, 4) is 11.5 Å². The van der Waals surface area contributed by atoms with Crippen molar-refractivity contribution in [2.45, 2.75) is 25.3 Å². The summed E-state index contributed by atoms with van der Waals surface area (Å²) in [5.41, 5.74) is 7.68. The molecule has 1 aromatic rings. The summed E-state index contributed by atoms with van der Waals surface area (Å²) in [5.74, 6) is 1.37. The van der Waals surface area contributed by atoms with E-state index in [9.17, 15) is 0 Å². The molecule has 2 rings (SSSR count). The van der Waals surface area contributed by atoms with E-state index in [1.807, 2.05) is 12.1 Å². The fourth-order valence-corrected chi connectivity index (χ4v) is 2.30. The molecule has 1 atom stereocenters. The summed E-state index contributed by atoms with van der Waals surface area (Å²) in [4.78, 5) is 0. The van der Waals surface area contributed by atoms with Crippen LogP contribution in [0.5, 0.6) is 11.5 Å². The fourth-order valence-electron chi connectivity index (χ4n) is 2.30. The van der Waals surface area contributed by atoms with E-state index < -0.39 is 0 Å². The van der Waals surface area contributed by atoms with Gasteiger partial charge in [-0.15, -0.1) is 0 Å². The van der Waals surface area contributed by atoms with Crippen LogP contribution in [0.2, 0.25) is 0 Å². The SMILES string of the molecule is COc1cc(C2CCCCN2)cc(OC)c1N. The Bertz CT molecular complexity index is 362. The second-order valence-corrected chi connectivity index (χ2v) is 4.34. The van der Waals surface area contributed by atoms with Crippen LogP contribution in [0.1, 0.15) is 30.9 Å². The van der Waals surface area contributed by atoms with Gasteiger partial charge >= 0.3 is 0 Å². The first kappa shape index (κ1) is 12.0. The lowest BCUT2D eigenvalue weighted by Gasteiger charge is -2.25. The standard InChI is InChI=1S/C13H20N2O2/c1-16-11-7-9(8-12(17-2)13(11)14)10-5-3-4-6-15-10/h7-8,10,15H,3-6,14H2,1-2H3. The van der Waals surface area contributed by atoms with Gasteiger partial charge in [0.15, 0.2) is 0 Å². The van der Waals surface area contributed by atoms with Gasteiger partial charge in [-0.05, 0) is 37.1 Å². The van der Waals surface area contributed by atoms with Crippen LogP contribution in [0.15, 0.2) is 12.1 Å². The number of benzene rings is 1. The van der Waals surface area contributed by atoms with Gasteiger partial charge in [-0.1, -0.05) is 6.42 Å². The van der Waals surface area contributed by atoms with Gasteiger partial charge in [-0.25, -0.2) is 0 Å². The number of piperidine rings is 1. The number of ether oxygens (including phenoxy) is 2. The molecule has 4 heteroatoms. The highest BCUT2D eigenvalue weighted by atomic mass is 16.5. The first-order valence-electron chi connectivity index (χ1n) is 6.01. The summed E-state index contributed by atoms with van der Waals surface area (Å²) >= 11 is 0. The lowest BCUT2D eigenvalue weighted by molar-refractivity contribution is 0.386. The Morgan fingerprint density at radius 3 is 2.29 bits per heavy atom. The van der Waals surface area contributed by atoms with Crippen LogP contribution in [0.3, 0.4) is 0 Å². The first-order valence-corrected chi connectivity index (χ1v) is 6.01. The minimum absolute atomic E-state index is 0.382. The Morgan fingerprint density at radius 1 is 1.18 bits per heavy atom. The molecule has 94 valence electrons. The summed E-state index contributed by atoms with van der Waals surface area (Å²) < 4.78 is 10.6. The van der Waals surface area contributed by atoms with Crippen molar-refractivity contribution < 1.29 is 9.47 Å². The number of rotatable bonds is 3. The van der Waals surface area contributed by atoms with E-state index in [4.69, 9.17) is 15.2 Å². The van der Waals surface area contributed by atoms with Crippen LogP contribution in [0.25, 0.3) is 0 Å². The third-order valence-electron chi connectivity index (χ3n) is 3.28. The van der Waals surface area contributed by atoms with Crippen molar-refractivity contribution in [1.82, 2.24) is 5.32 Å². The minimum Gasteiger partial charge on any atom is -0.494 e. The molecule has 3 N–H and O–H groups in total. The summed E-state index contributed by atoms with van der Waals surface area (Å²) in [6.07, 6.45) is 3.66. The largest absolute Gasteiger partial charge is 0.494 e. The molecular formula is C13H20N2O2. The van der Waals surface area contributed by atoms with Gasteiger partial charge in [0.2, 0.25) is 0 Å². The monoisotopic (exact) mass is 236 g/mol. The quantitative estimate of drug-likeness (QED) is 0.789. The van der Waals surface area contributed by atoms with Crippen LogP contribution in [-0.2, 0) is 0 Å². The molecule has 1 heterocycles. The number of methoxy groups -OCH3 is 2. The van der Waals surface area contributed by atoms with Crippen LogP contribution in [-0.4, -0.2) is 20.8 Å². The average Bonchev–Trinajstić information content (AvgIpc) is 2.40. The number of nitrogen functional groups attached to an aromatic ring is 1. The van der Waals surface area contributed by atoms with Crippen LogP contribution in [0.4, 0.5) is 5.69 Å². The van der Waals surface area contributed by atoms with E-state index >= 15 is 0 Å². The van der Waals surface area contributed by atoms with Crippen molar-refractivity contribution in [2.24, 2.45) is 0 Å². The number of anilines is 1. The van der Waals surface area contributed by atoms with Crippen molar-refractivity contribution in [2.75, 3.05) is 26.5 Å². The molecule has 4 nitrogen and oxygen atoms in total. The lowest BCUT2D eigenvalue weighted by Crippen LogP contribution is -2.26. The van der Waals surface area contributed by atoms with Crippen LogP contribution >= 0.6 is 0 Å². The highest BCUT2D eigenvalue weighted by Gasteiger charge is 2.18. The molecule has 0 amide bonds. The molecule has 0 bridgehead atoms. The molecule has 1 aromatic carbocycles. The van der Waals surface area contributed by atoms with Crippen molar-refractivity contribution in [3.05, 3.63) is 17.7 Å². The number of hydrogen-bond acceptors (Lipinski definition) is 4. The van der Waals surface area contributed by atoms with Gasteiger partial charge < -0.3 is 20.5 Å². The Morgan fingerprint density at radius 2 is 1.82 bits per heavy atom. The van der Waals surface area contributed by atoms with E-state index in [2.05, 4.69) is 5.32 Å². The zero-order chi connectivity index (χ0) is 12.3. The molecule has 0 aliphatic carbocycles. The average molecular weight is 236 g/mol. The molecule has 1 aliphatic heterocycles. The Labute approximate surface area is 102 Å². The minimum atomic E-state index is 0.382. The predicted octanol–water partition coefficient (Wildman–Crippen LogP) is 2.10. The topological polar surface area (TPSA) is 56.5 Å². The number of nitrogens with two attached hydrogens (primary N) is 1. The van der Waals surface area contributed by atoms with Crippen LogP contribution in [0, 0.1) is 0 Å². The Kier molecular flexibility index (Phi) is 3.74. The van der Waals surface area contributed by atoms with E-state index in [1.54, 1.807) is 14.2 Å². The molecule has 0 spiro atoms. The second-order valence-electron chi connectivity index (χ2n) is 4.34. The van der Waals surface area contributed by atoms with Crippen molar-refractivity contribution in [1.29, 1.82) is 0 Å². The van der Waals surface area contributed by atoms with Crippen LogP contribution < -0.4 is 20.5 Å². The summed E-state index contributed by atoms with van der Waals surface area (Å²) in [6, 6.07) is 4.38. The number of hydrogen-bond donors (Lipinski definition) is 2. The fraction of sp³-hybridized carbons (Fsp3) is 0.538. The normalized spacial score (nSPS) is 20.0. The third-order valence-corrected chi connectivity index (χ3v) is 3.28. The summed E-state index contributed by atoms with van der Waals surface area (Å²) in [5, 5.41) is 3.51. The molecule has 0 saturated carbocycles. The highest BCUT2D eigenvalue weighted by molar-refractivity contribution is 5.64. The predicted molar refractivity (Wildman–Crippen MR) is 68.6 cm³/mol. The van der Waals surface area contributed by atoms with E-state index in [1.165, 1.54) is 18.4 Å². The van der Waals surface area contributed by atoms with E-state index in [0.29, 0.717) is 23.2 Å². The second kappa shape index (κ2) is 5.27. The maximum Gasteiger partial charge on any atom is 0.145 e. The third kappa shape index (κ3) is 2.47.